The number of aryl methyl sites for hydroxylation is 2. The highest BCUT2D eigenvalue weighted by molar-refractivity contribution is 6.34. The van der Waals surface area contributed by atoms with Crippen molar-refractivity contribution in [1.29, 1.82) is 0 Å². The highest BCUT2D eigenvalue weighted by Crippen LogP contribution is 2.27. The average Bonchev–Trinajstić information content (AvgIpc) is 2.65. The molecule has 1 aromatic heterocycles. The maximum atomic E-state index is 12.2. The summed E-state index contributed by atoms with van der Waals surface area (Å²) >= 11 is 6.21. The van der Waals surface area contributed by atoms with Crippen LogP contribution in [0.25, 0.3) is 0 Å². The third-order valence-electron chi connectivity index (χ3n) is 3.75. The second kappa shape index (κ2) is 8.56. The van der Waals surface area contributed by atoms with E-state index in [0.29, 0.717) is 28.1 Å². The SMILES string of the molecule is Cc1cc(C)c(NC(=O)COc2ccc(Oc3ccccn3)cc2)c(Cl)c1. The van der Waals surface area contributed by atoms with Crippen LogP contribution in [0, 0.1) is 13.8 Å². The van der Waals surface area contributed by atoms with Gasteiger partial charge in [-0.2, -0.15) is 0 Å². The van der Waals surface area contributed by atoms with Crippen molar-refractivity contribution in [3.8, 4) is 17.4 Å². The van der Waals surface area contributed by atoms with E-state index in [2.05, 4.69) is 10.3 Å². The van der Waals surface area contributed by atoms with E-state index < -0.39 is 0 Å². The van der Waals surface area contributed by atoms with Gasteiger partial charge in [-0.05, 0) is 61.4 Å². The molecule has 138 valence electrons. The highest BCUT2D eigenvalue weighted by atomic mass is 35.5. The Morgan fingerprint density at radius 1 is 1.07 bits per heavy atom. The third-order valence-corrected chi connectivity index (χ3v) is 4.05. The van der Waals surface area contributed by atoms with Crippen LogP contribution in [0.2, 0.25) is 5.02 Å². The molecule has 3 aromatic rings. The molecule has 1 heterocycles. The van der Waals surface area contributed by atoms with E-state index in [-0.39, 0.29) is 12.5 Å². The van der Waals surface area contributed by atoms with Gasteiger partial charge in [0.2, 0.25) is 5.88 Å². The maximum Gasteiger partial charge on any atom is 0.262 e. The molecular weight excluding hydrogens is 364 g/mol. The predicted octanol–water partition coefficient (Wildman–Crippen LogP) is 5.16. The number of hydrogen-bond acceptors (Lipinski definition) is 4. The van der Waals surface area contributed by atoms with Crippen LogP contribution in [0.3, 0.4) is 0 Å². The molecule has 0 bridgehead atoms. The number of halogens is 1. The van der Waals surface area contributed by atoms with Crippen LogP contribution < -0.4 is 14.8 Å². The molecule has 0 atom stereocenters. The minimum atomic E-state index is -0.280. The molecule has 0 aliphatic rings. The first-order valence-electron chi connectivity index (χ1n) is 8.39. The molecule has 0 spiro atoms. The standard InChI is InChI=1S/C21H19ClN2O3/c1-14-11-15(2)21(18(22)12-14)24-19(25)13-26-16-6-8-17(9-7-16)27-20-5-3-4-10-23-20/h3-12H,13H2,1-2H3,(H,24,25). The number of pyridine rings is 1. The first-order chi connectivity index (χ1) is 13.0. The number of carbonyl (C=O) groups excluding carboxylic acids is 1. The van der Waals surface area contributed by atoms with Gasteiger partial charge >= 0.3 is 0 Å². The van der Waals surface area contributed by atoms with Crippen molar-refractivity contribution < 1.29 is 14.3 Å². The normalized spacial score (nSPS) is 10.3. The minimum Gasteiger partial charge on any atom is -0.484 e. The van der Waals surface area contributed by atoms with Gasteiger partial charge in [-0.3, -0.25) is 4.79 Å². The molecule has 0 saturated heterocycles. The summed E-state index contributed by atoms with van der Waals surface area (Å²) in [4.78, 5) is 16.3. The predicted molar refractivity (Wildman–Crippen MR) is 106 cm³/mol. The number of rotatable bonds is 6. The van der Waals surface area contributed by atoms with Gasteiger partial charge in [-0.25, -0.2) is 4.98 Å². The molecule has 0 saturated carbocycles. The van der Waals surface area contributed by atoms with Crippen molar-refractivity contribution in [3.63, 3.8) is 0 Å². The third kappa shape index (κ3) is 5.21. The van der Waals surface area contributed by atoms with Crippen LogP contribution in [-0.4, -0.2) is 17.5 Å². The molecule has 2 aromatic carbocycles. The molecular formula is C21H19ClN2O3. The lowest BCUT2D eigenvalue weighted by Gasteiger charge is -2.12. The van der Waals surface area contributed by atoms with Crippen LogP contribution in [0.1, 0.15) is 11.1 Å². The monoisotopic (exact) mass is 382 g/mol. The van der Waals surface area contributed by atoms with Crippen LogP contribution in [-0.2, 0) is 4.79 Å². The fourth-order valence-corrected chi connectivity index (χ4v) is 2.90. The van der Waals surface area contributed by atoms with Gasteiger partial charge in [0.05, 0.1) is 10.7 Å². The zero-order chi connectivity index (χ0) is 19.2. The number of anilines is 1. The molecule has 3 rings (SSSR count). The quantitative estimate of drug-likeness (QED) is 0.639. The van der Waals surface area contributed by atoms with E-state index >= 15 is 0 Å². The topological polar surface area (TPSA) is 60.5 Å². The van der Waals surface area contributed by atoms with Gasteiger partial charge in [0.25, 0.3) is 5.91 Å². The Hall–Kier alpha value is -3.05. The second-order valence-electron chi connectivity index (χ2n) is 6.02. The lowest BCUT2D eigenvalue weighted by atomic mass is 10.1. The molecule has 0 aliphatic carbocycles. The molecule has 0 radical (unpaired) electrons. The summed E-state index contributed by atoms with van der Waals surface area (Å²) in [7, 11) is 0. The average molecular weight is 383 g/mol. The van der Waals surface area contributed by atoms with E-state index in [1.807, 2.05) is 38.1 Å². The van der Waals surface area contributed by atoms with Gasteiger partial charge in [-0.15, -0.1) is 0 Å². The molecule has 0 unspecified atom stereocenters. The number of nitrogens with one attached hydrogen (secondary N) is 1. The Kier molecular flexibility index (Phi) is 5.94. The zero-order valence-electron chi connectivity index (χ0n) is 15.0. The van der Waals surface area contributed by atoms with Crippen molar-refractivity contribution in [2.75, 3.05) is 11.9 Å². The number of ether oxygens (including phenoxy) is 2. The van der Waals surface area contributed by atoms with E-state index in [9.17, 15) is 4.79 Å². The minimum absolute atomic E-state index is 0.121. The van der Waals surface area contributed by atoms with Gasteiger partial charge < -0.3 is 14.8 Å². The Balaban J connectivity index is 1.55. The zero-order valence-corrected chi connectivity index (χ0v) is 15.8. The van der Waals surface area contributed by atoms with Gasteiger partial charge in [0.1, 0.15) is 11.5 Å². The fourth-order valence-electron chi connectivity index (χ4n) is 2.53. The van der Waals surface area contributed by atoms with Crippen molar-refractivity contribution in [3.05, 3.63) is 76.9 Å². The number of amides is 1. The number of benzene rings is 2. The first-order valence-corrected chi connectivity index (χ1v) is 8.77. The number of hydrogen-bond donors (Lipinski definition) is 1. The van der Waals surface area contributed by atoms with Gasteiger partial charge in [0.15, 0.2) is 6.61 Å². The first kappa shape index (κ1) is 18.7. The van der Waals surface area contributed by atoms with Crippen molar-refractivity contribution in [1.82, 2.24) is 4.98 Å². The summed E-state index contributed by atoms with van der Waals surface area (Å²) in [5.74, 6) is 1.42. The molecule has 0 fully saturated rings. The Labute approximate surface area is 162 Å². The molecule has 1 N–H and O–H groups in total. The largest absolute Gasteiger partial charge is 0.484 e. The van der Waals surface area contributed by atoms with E-state index in [1.54, 1.807) is 36.5 Å². The Morgan fingerprint density at radius 3 is 2.48 bits per heavy atom. The maximum absolute atomic E-state index is 12.2. The Morgan fingerprint density at radius 2 is 1.81 bits per heavy atom. The summed E-state index contributed by atoms with van der Waals surface area (Å²) in [6.07, 6.45) is 1.66. The van der Waals surface area contributed by atoms with Crippen molar-refractivity contribution in [2.45, 2.75) is 13.8 Å². The molecule has 5 nitrogen and oxygen atoms in total. The van der Waals surface area contributed by atoms with Gasteiger partial charge in [-0.1, -0.05) is 23.7 Å². The second-order valence-corrected chi connectivity index (χ2v) is 6.42. The summed E-state index contributed by atoms with van der Waals surface area (Å²) in [5, 5.41) is 3.30. The van der Waals surface area contributed by atoms with Crippen LogP contribution in [0.4, 0.5) is 5.69 Å². The summed E-state index contributed by atoms with van der Waals surface area (Å²) in [6.45, 7) is 3.73. The summed E-state index contributed by atoms with van der Waals surface area (Å²) < 4.78 is 11.1. The van der Waals surface area contributed by atoms with E-state index in [1.165, 1.54) is 0 Å². The summed E-state index contributed by atoms with van der Waals surface area (Å²) in [6, 6.07) is 16.2. The van der Waals surface area contributed by atoms with Crippen molar-refractivity contribution >= 4 is 23.2 Å². The highest BCUT2D eigenvalue weighted by Gasteiger charge is 2.10. The van der Waals surface area contributed by atoms with Crippen LogP contribution in [0.5, 0.6) is 17.4 Å². The molecule has 6 heteroatoms. The van der Waals surface area contributed by atoms with E-state index in [0.717, 1.165) is 11.1 Å². The Bertz CT molecular complexity index is 905. The van der Waals surface area contributed by atoms with Crippen LogP contribution >= 0.6 is 11.6 Å². The van der Waals surface area contributed by atoms with E-state index in [4.69, 9.17) is 21.1 Å². The molecule has 1 amide bonds. The summed E-state index contributed by atoms with van der Waals surface area (Å²) in [5.41, 5.74) is 2.55. The number of aromatic nitrogens is 1. The van der Waals surface area contributed by atoms with Crippen LogP contribution in [0.15, 0.2) is 60.8 Å². The van der Waals surface area contributed by atoms with Crippen molar-refractivity contribution in [2.24, 2.45) is 0 Å². The number of nitrogens with zero attached hydrogens (tertiary/aromatic N) is 1. The lowest BCUT2D eigenvalue weighted by molar-refractivity contribution is -0.118. The smallest absolute Gasteiger partial charge is 0.262 e. The fraction of sp³-hybridized carbons (Fsp3) is 0.143. The lowest BCUT2D eigenvalue weighted by Crippen LogP contribution is -2.21. The number of carbonyl (C=O) groups is 1. The molecule has 0 aliphatic heterocycles. The molecule has 27 heavy (non-hydrogen) atoms. The van der Waals surface area contributed by atoms with Gasteiger partial charge in [0, 0.05) is 12.3 Å².